The minimum absolute atomic E-state index is 0.156. The van der Waals surface area contributed by atoms with Crippen LogP contribution in [0.15, 0.2) is 12.4 Å². The first-order valence-corrected chi connectivity index (χ1v) is 3.67. The van der Waals surface area contributed by atoms with E-state index in [1.54, 1.807) is 11.8 Å². The van der Waals surface area contributed by atoms with Crippen molar-refractivity contribution < 1.29 is 0 Å². The highest BCUT2D eigenvalue weighted by Crippen LogP contribution is 1.86. The highest BCUT2D eigenvalue weighted by molar-refractivity contribution is 5.78. The Morgan fingerprint density at radius 3 is 2.42 bits per heavy atom. The molecule has 0 amide bonds. The number of guanidine groups is 1. The summed E-state index contributed by atoms with van der Waals surface area (Å²) in [7, 11) is 3.68. The van der Waals surface area contributed by atoms with Crippen LogP contribution in [0.5, 0.6) is 0 Å². The fourth-order valence-electron chi connectivity index (χ4n) is 0.520. The topological polar surface area (TPSA) is 77.2 Å². The van der Waals surface area contributed by atoms with E-state index in [-0.39, 0.29) is 12.1 Å². The number of nitrogens with two attached hydrogens (primary N) is 1. The van der Waals surface area contributed by atoms with E-state index < -0.39 is 0 Å². The molecule has 0 radical (unpaired) electrons. The van der Waals surface area contributed by atoms with Crippen LogP contribution in [-0.4, -0.2) is 31.1 Å². The molecule has 0 bridgehead atoms. The monoisotopic (exact) mass is 171 g/mol. The van der Waals surface area contributed by atoms with Crippen molar-refractivity contribution in [2.45, 2.75) is 13.1 Å². The zero-order valence-corrected chi connectivity index (χ0v) is 7.81. The first-order valence-electron chi connectivity index (χ1n) is 3.67. The molecule has 0 heterocycles. The molecular weight excluding hydrogens is 154 g/mol. The van der Waals surface area contributed by atoms with E-state index in [1.807, 2.05) is 14.1 Å². The minimum atomic E-state index is -0.236. The van der Waals surface area contributed by atoms with Crippen LogP contribution in [0.1, 0.15) is 6.92 Å². The first-order chi connectivity index (χ1) is 5.43. The van der Waals surface area contributed by atoms with Crippen molar-refractivity contribution in [1.82, 2.24) is 15.5 Å². The molecule has 5 heteroatoms. The number of hydrogen-bond donors (Lipinski definition) is 4. The smallest absolute Gasteiger partial charge is 0.195 e. The van der Waals surface area contributed by atoms with Gasteiger partial charge in [-0.25, -0.2) is 0 Å². The predicted molar refractivity (Wildman–Crippen MR) is 50.5 cm³/mol. The summed E-state index contributed by atoms with van der Waals surface area (Å²) < 4.78 is 0. The summed E-state index contributed by atoms with van der Waals surface area (Å²) in [5.41, 5.74) is 5.41. The summed E-state index contributed by atoms with van der Waals surface area (Å²) in [5, 5.41) is 12.8. The molecule has 0 aliphatic rings. The largest absolute Gasteiger partial charge is 0.365 e. The van der Waals surface area contributed by atoms with Crippen molar-refractivity contribution in [3.63, 3.8) is 0 Å². The molecule has 0 aromatic heterocycles. The van der Waals surface area contributed by atoms with Gasteiger partial charge >= 0.3 is 0 Å². The van der Waals surface area contributed by atoms with Crippen LogP contribution in [0.25, 0.3) is 0 Å². The van der Waals surface area contributed by atoms with E-state index in [0.29, 0.717) is 5.82 Å². The summed E-state index contributed by atoms with van der Waals surface area (Å²) >= 11 is 0. The molecule has 5 nitrogen and oxygen atoms in total. The molecule has 0 saturated carbocycles. The first kappa shape index (κ1) is 10.8. The Morgan fingerprint density at radius 2 is 2.08 bits per heavy atom. The fraction of sp³-hybridized carbons (Fsp3) is 0.571. The molecule has 0 saturated heterocycles. The van der Waals surface area contributed by atoms with Crippen molar-refractivity contribution in [3.8, 4) is 0 Å². The van der Waals surface area contributed by atoms with Crippen molar-refractivity contribution in [3.05, 3.63) is 12.4 Å². The molecule has 0 aromatic rings. The third kappa shape index (κ3) is 4.56. The standard InChI is InChI=1S/C7H17N5/c1-5(8)10-7(9)11-6(2)12(3)4/h5H,2,8H2,1,3-4H3,(H3,9,10,11). The van der Waals surface area contributed by atoms with Gasteiger partial charge in [0, 0.05) is 14.1 Å². The lowest BCUT2D eigenvalue weighted by molar-refractivity contribution is 0.486. The third-order valence-corrected chi connectivity index (χ3v) is 1.18. The Balaban J connectivity index is 3.77. The number of nitrogens with zero attached hydrogens (tertiary/aromatic N) is 1. The minimum Gasteiger partial charge on any atom is -0.365 e. The van der Waals surface area contributed by atoms with Crippen LogP contribution in [0.3, 0.4) is 0 Å². The summed E-state index contributed by atoms with van der Waals surface area (Å²) in [6.07, 6.45) is -0.236. The van der Waals surface area contributed by atoms with Gasteiger partial charge < -0.3 is 21.3 Å². The molecular formula is C7H17N5. The Labute approximate surface area is 73.1 Å². The van der Waals surface area contributed by atoms with Crippen molar-refractivity contribution >= 4 is 5.96 Å². The van der Waals surface area contributed by atoms with Gasteiger partial charge in [0.05, 0.1) is 6.17 Å². The van der Waals surface area contributed by atoms with Gasteiger partial charge in [0.2, 0.25) is 0 Å². The molecule has 12 heavy (non-hydrogen) atoms. The molecule has 5 N–H and O–H groups in total. The highest BCUT2D eigenvalue weighted by Gasteiger charge is 2.00. The summed E-state index contributed by atoms with van der Waals surface area (Å²) in [6.45, 7) is 5.45. The highest BCUT2D eigenvalue weighted by atomic mass is 15.3. The molecule has 1 unspecified atom stereocenters. The lowest BCUT2D eigenvalue weighted by atomic mass is 10.6. The summed E-state index contributed by atoms with van der Waals surface area (Å²) in [4.78, 5) is 1.78. The molecule has 0 aliphatic carbocycles. The van der Waals surface area contributed by atoms with Crippen LogP contribution in [0, 0.1) is 5.41 Å². The van der Waals surface area contributed by atoms with Crippen LogP contribution < -0.4 is 16.4 Å². The Bertz CT molecular complexity index is 173. The third-order valence-electron chi connectivity index (χ3n) is 1.18. The summed E-state index contributed by atoms with van der Waals surface area (Å²) in [6, 6.07) is 0. The lowest BCUT2D eigenvalue weighted by Gasteiger charge is -2.19. The van der Waals surface area contributed by atoms with E-state index in [2.05, 4.69) is 17.2 Å². The zero-order valence-electron chi connectivity index (χ0n) is 7.81. The SMILES string of the molecule is C=C(NC(=N)NC(C)N)N(C)C. The van der Waals surface area contributed by atoms with Gasteiger partial charge in [-0.15, -0.1) is 0 Å². The van der Waals surface area contributed by atoms with Gasteiger partial charge in [-0.2, -0.15) is 0 Å². The number of hydrogen-bond acceptors (Lipinski definition) is 3. The normalized spacial score (nSPS) is 11.7. The van der Waals surface area contributed by atoms with Crippen molar-refractivity contribution in [1.29, 1.82) is 5.41 Å². The molecule has 1 atom stereocenters. The predicted octanol–water partition coefficient (Wildman–Crippen LogP) is -0.562. The lowest BCUT2D eigenvalue weighted by Crippen LogP contribution is -2.46. The van der Waals surface area contributed by atoms with Crippen molar-refractivity contribution in [2.24, 2.45) is 5.73 Å². The molecule has 0 rings (SSSR count). The van der Waals surface area contributed by atoms with Gasteiger partial charge in [0.25, 0.3) is 0 Å². The number of rotatable bonds is 3. The second-order valence-corrected chi connectivity index (χ2v) is 2.77. The average molecular weight is 171 g/mol. The number of nitrogens with one attached hydrogen (secondary N) is 3. The molecule has 0 spiro atoms. The van der Waals surface area contributed by atoms with E-state index in [1.165, 1.54) is 0 Å². The quantitative estimate of drug-likeness (QED) is 0.261. The second-order valence-electron chi connectivity index (χ2n) is 2.77. The van der Waals surface area contributed by atoms with Crippen LogP contribution in [-0.2, 0) is 0 Å². The van der Waals surface area contributed by atoms with E-state index >= 15 is 0 Å². The average Bonchev–Trinajstić information content (AvgIpc) is 1.84. The van der Waals surface area contributed by atoms with Gasteiger partial charge in [-0.1, -0.05) is 6.58 Å². The maximum absolute atomic E-state index is 7.35. The Hall–Kier alpha value is -1.23. The van der Waals surface area contributed by atoms with Crippen LogP contribution in [0.4, 0.5) is 0 Å². The zero-order chi connectivity index (χ0) is 9.72. The maximum atomic E-state index is 7.35. The molecule has 0 aliphatic heterocycles. The van der Waals surface area contributed by atoms with Crippen LogP contribution >= 0.6 is 0 Å². The van der Waals surface area contributed by atoms with Gasteiger partial charge in [-0.05, 0) is 6.92 Å². The van der Waals surface area contributed by atoms with Crippen LogP contribution in [0.2, 0.25) is 0 Å². The molecule has 0 aromatic carbocycles. The fourth-order valence-corrected chi connectivity index (χ4v) is 0.520. The van der Waals surface area contributed by atoms with Gasteiger partial charge in [-0.3, -0.25) is 5.41 Å². The van der Waals surface area contributed by atoms with Gasteiger partial charge in [0.15, 0.2) is 5.96 Å². The Kier molecular flexibility index (Phi) is 4.14. The summed E-state index contributed by atoms with van der Waals surface area (Å²) in [5.74, 6) is 0.803. The van der Waals surface area contributed by atoms with Gasteiger partial charge in [0.1, 0.15) is 5.82 Å². The van der Waals surface area contributed by atoms with Crippen molar-refractivity contribution in [2.75, 3.05) is 14.1 Å². The van der Waals surface area contributed by atoms with E-state index in [4.69, 9.17) is 11.1 Å². The van der Waals surface area contributed by atoms with E-state index in [0.717, 1.165) is 0 Å². The second kappa shape index (κ2) is 4.61. The Morgan fingerprint density at radius 1 is 1.58 bits per heavy atom. The molecule has 0 fully saturated rings. The van der Waals surface area contributed by atoms with E-state index in [9.17, 15) is 0 Å². The molecule has 70 valence electrons. The maximum Gasteiger partial charge on any atom is 0.195 e.